The first kappa shape index (κ1) is 13.1. The number of rotatable bonds is 2. The van der Waals surface area contributed by atoms with Crippen molar-refractivity contribution < 1.29 is 4.79 Å². The lowest BCUT2D eigenvalue weighted by molar-refractivity contribution is 0.0993. The Morgan fingerprint density at radius 2 is 2.00 bits per heavy atom. The normalized spacial score (nSPS) is 10.2. The van der Waals surface area contributed by atoms with Crippen molar-refractivity contribution in [3.05, 3.63) is 57.8 Å². The van der Waals surface area contributed by atoms with E-state index < -0.39 is 0 Å². The Labute approximate surface area is 119 Å². The highest BCUT2D eigenvalue weighted by Gasteiger charge is 2.17. The zero-order valence-electron chi connectivity index (χ0n) is 9.60. The Balaban J connectivity index is 2.34. The van der Waals surface area contributed by atoms with E-state index in [2.05, 4.69) is 20.9 Å². The summed E-state index contributed by atoms with van der Waals surface area (Å²) in [5.74, 6) is -0.194. The topological polar surface area (TPSA) is 33.2 Å². The van der Waals surface area contributed by atoms with Gasteiger partial charge in [-0.2, -0.15) is 0 Å². The predicted molar refractivity (Wildman–Crippen MR) is 76.1 cm³/mol. The minimum atomic E-state index is -0.194. The van der Waals surface area contributed by atoms with Gasteiger partial charge in [0.1, 0.15) is 5.15 Å². The van der Waals surface area contributed by atoms with Gasteiger partial charge in [0.05, 0.1) is 5.56 Å². The summed E-state index contributed by atoms with van der Waals surface area (Å²) in [6.45, 7) is 0. The second kappa shape index (κ2) is 5.50. The first-order chi connectivity index (χ1) is 8.59. The maximum absolute atomic E-state index is 12.3. The smallest absolute Gasteiger partial charge is 0.261 e. The molecule has 0 atom stereocenters. The molecule has 0 unspecified atom stereocenters. The second-order valence-electron chi connectivity index (χ2n) is 3.69. The molecule has 1 aromatic heterocycles. The van der Waals surface area contributed by atoms with E-state index in [1.54, 1.807) is 19.3 Å². The molecule has 2 rings (SSSR count). The summed E-state index contributed by atoms with van der Waals surface area (Å²) in [7, 11) is 1.70. The van der Waals surface area contributed by atoms with Crippen molar-refractivity contribution in [3.8, 4) is 0 Å². The van der Waals surface area contributed by atoms with Gasteiger partial charge >= 0.3 is 0 Å². The van der Waals surface area contributed by atoms with Gasteiger partial charge in [-0.25, -0.2) is 4.98 Å². The molecule has 0 aliphatic heterocycles. The van der Waals surface area contributed by atoms with E-state index >= 15 is 0 Å². The van der Waals surface area contributed by atoms with Crippen LogP contribution in [0, 0.1) is 0 Å². The number of halogens is 2. The van der Waals surface area contributed by atoms with Crippen LogP contribution in [-0.4, -0.2) is 17.9 Å². The number of aromatic nitrogens is 1. The number of hydrogen-bond donors (Lipinski definition) is 0. The third kappa shape index (κ3) is 2.71. The molecule has 0 fully saturated rings. The average Bonchev–Trinajstić information content (AvgIpc) is 2.41. The molecule has 0 bridgehead atoms. The monoisotopic (exact) mass is 324 g/mol. The van der Waals surface area contributed by atoms with Crippen LogP contribution in [0.15, 0.2) is 47.1 Å². The van der Waals surface area contributed by atoms with E-state index in [1.807, 2.05) is 30.3 Å². The van der Waals surface area contributed by atoms with Gasteiger partial charge in [-0.15, -0.1) is 0 Å². The zero-order chi connectivity index (χ0) is 13.1. The van der Waals surface area contributed by atoms with Crippen LogP contribution in [-0.2, 0) is 0 Å². The average molecular weight is 326 g/mol. The van der Waals surface area contributed by atoms with Crippen molar-refractivity contribution in [3.63, 3.8) is 0 Å². The van der Waals surface area contributed by atoms with Crippen molar-refractivity contribution in [1.82, 2.24) is 4.98 Å². The van der Waals surface area contributed by atoms with E-state index in [0.717, 1.165) is 10.2 Å². The molecular formula is C13H10BrClN2O. The van der Waals surface area contributed by atoms with Gasteiger partial charge in [0.15, 0.2) is 0 Å². The number of amides is 1. The molecule has 0 radical (unpaired) electrons. The molecule has 92 valence electrons. The number of hydrogen-bond acceptors (Lipinski definition) is 2. The van der Waals surface area contributed by atoms with Gasteiger partial charge in [0.2, 0.25) is 0 Å². The van der Waals surface area contributed by atoms with Gasteiger partial charge in [-0.05, 0) is 34.1 Å². The third-order valence-corrected chi connectivity index (χ3v) is 3.22. The quantitative estimate of drug-likeness (QED) is 0.787. The summed E-state index contributed by atoms with van der Waals surface area (Å²) in [6, 6.07) is 11.0. The first-order valence-corrected chi connectivity index (χ1v) is 6.41. The Bertz CT molecular complexity index is 574. The van der Waals surface area contributed by atoms with Gasteiger partial charge < -0.3 is 4.90 Å². The number of para-hydroxylation sites is 1. The zero-order valence-corrected chi connectivity index (χ0v) is 11.9. The molecular weight excluding hydrogens is 316 g/mol. The van der Waals surface area contributed by atoms with E-state index in [9.17, 15) is 4.79 Å². The summed E-state index contributed by atoms with van der Waals surface area (Å²) < 4.78 is 0.719. The molecule has 0 saturated carbocycles. The Morgan fingerprint density at radius 1 is 1.33 bits per heavy atom. The van der Waals surface area contributed by atoms with Gasteiger partial charge in [0, 0.05) is 23.4 Å². The summed E-state index contributed by atoms with van der Waals surface area (Å²) in [5, 5.41) is 0.200. The number of carbonyl (C=O) groups is 1. The standard InChI is InChI=1S/C13H10BrClN2O/c1-17(10-5-3-2-4-6-10)13(18)11-7-9(14)8-16-12(11)15/h2-8H,1H3. The van der Waals surface area contributed by atoms with Crippen LogP contribution in [0.25, 0.3) is 0 Å². The van der Waals surface area contributed by atoms with Crippen molar-refractivity contribution >= 4 is 39.1 Å². The van der Waals surface area contributed by atoms with Crippen molar-refractivity contribution in [2.24, 2.45) is 0 Å². The van der Waals surface area contributed by atoms with E-state index in [-0.39, 0.29) is 11.1 Å². The number of carbonyl (C=O) groups excluding carboxylic acids is 1. The molecule has 1 amide bonds. The number of benzene rings is 1. The van der Waals surface area contributed by atoms with E-state index in [0.29, 0.717) is 5.56 Å². The van der Waals surface area contributed by atoms with E-state index in [4.69, 9.17) is 11.6 Å². The third-order valence-electron chi connectivity index (χ3n) is 2.48. The molecule has 0 aliphatic rings. The highest BCUT2D eigenvalue weighted by atomic mass is 79.9. The van der Waals surface area contributed by atoms with Gasteiger partial charge in [-0.3, -0.25) is 4.79 Å². The van der Waals surface area contributed by atoms with Crippen LogP contribution < -0.4 is 4.90 Å². The fraction of sp³-hybridized carbons (Fsp3) is 0.0769. The molecule has 0 aliphatic carbocycles. The van der Waals surface area contributed by atoms with Gasteiger partial charge in [-0.1, -0.05) is 29.8 Å². The lowest BCUT2D eigenvalue weighted by Crippen LogP contribution is -2.26. The molecule has 0 N–H and O–H groups in total. The lowest BCUT2D eigenvalue weighted by atomic mass is 10.2. The summed E-state index contributed by atoms with van der Waals surface area (Å²) in [5.41, 5.74) is 1.18. The largest absolute Gasteiger partial charge is 0.311 e. The van der Waals surface area contributed by atoms with Crippen LogP contribution in [0.2, 0.25) is 5.15 Å². The van der Waals surface area contributed by atoms with Crippen LogP contribution in [0.4, 0.5) is 5.69 Å². The fourth-order valence-corrected chi connectivity index (χ4v) is 2.04. The summed E-state index contributed by atoms with van der Waals surface area (Å²) in [4.78, 5) is 17.8. The van der Waals surface area contributed by atoms with Crippen molar-refractivity contribution in [2.45, 2.75) is 0 Å². The summed E-state index contributed by atoms with van der Waals surface area (Å²) in [6.07, 6.45) is 1.56. The molecule has 1 heterocycles. The number of nitrogens with zero attached hydrogens (tertiary/aromatic N) is 2. The summed E-state index contributed by atoms with van der Waals surface area (Å²) >= 11 is 9.22. The maximum atomic E-state index is 12.3. The lowest BCUT2D eigenvalue weighted by Gasteiger charge is -2.17. The molecule has 0 spiro atoms. The van der Waals surface area contributed by atoms with E-state index in [1.165, 1.54) is 4.90 Å². The predicted octanol–water partition coefficient (Wildman–Crippen LogP) is 3.77. The molecule has 18 heavy (non-hydrogen) atoms. The van der Waals surface area contributed by atoms with Crippen LogP contribution >= 0.6 is 27.5 Å². The first-order valence-electron chi connectivity index (χ1n) is 5.24. The molecule has 1 aromatic carbocycles. The molecule has 2 aromatic rings. The van der Waals surface area contributed by atoms with Crippen molar-refractivity contribution in [1.29, 1.82) is 0 Å². The maximum Gasteiger partial charge on any atom is 0.261 e. The highest BCUT2D eigenvalue weighted by molar-refractivity contribution is 9.10. The minimum Gasteiger partial charge on any atom is -0.311 e. The van der Waals surface area contributed by atoms with Crippen molar-refractivity contribution in [2.75, 3.05) is 11.9 Å². The Kier molecular flexibility index (Phi) is 3.99. The fourth-order valence-electron chi connectivity index (χ4n) is 1.52. The van der Waals surface area contributed by atoms with Crippen LogP contribution in [0.5, 0.6) is 0 Å². The Hall–Kier alpha value is -1.39. The number of pyridine rings is 1. The highest BCUT2D eigenvalue weighted by Crippen LogP contribution is 2.22. The minimum absolute atomic E-state index is 0.194. The second-order valence-corrected chi connectivity index (χ2v) is 4.97. The van der Waals surface area contributed by atoms with Crippen LogP contribution in [0.3, 0.4) is 0 Å². The Morgan fingerprint density at radius 3 is 2.67 bits per heavy atom. The molecule has 3 nitrogen and oxygen atoms in total. The number of anilines is 1. The molecule has 5 heteroatoms. The van der Waals surface area contributed by atoms with Gasteiger partial charge in [0.25, 0.3) is 5.91 Å². The van der Waals surface area contributed by atoms with Crippen LogP contribution in [0.1, 0.15) is 10.4 Å². The SMILES string of the molecule is CN(C(=O)c1cc(Br)cnc1Cl)c1ccccc1. The molecule has 0 saturated heterocycles.